The zero-order valence-electron chi connectivity index (χ0n) is 10.8. The van der Waals surface area contributed by atoms with Crippen LogP contribution in [0.4, 0.5) is 0 Å². The van der Waals surface area contributed by atoms with Gasteiger partial charge in [-0.25, -0.2) is 0 Å². The Balaban J connectivity index is 1.89. The molecular weight excluding hydrogens is 218 g/mol. The van der Waals surface area contributed by atoms with Crippen molar-refractivity contribution in [3.8, 4) is 0 Å². The first-order valence-electron chi connectivity index (χ1n) is 6.55. The number of carbonyl (C=O) groups excluding carboxylic acids is 1. The largest absolute Gasteiger partial charge is 0.393 e. The van der Waals surface area contributed by atoms with E-state index in [9.17, 15) is 9.90 Å². The standard InChI is InChI=1S/C13H23NO3/c1-10(15)11-3-7-14(9-11)12(16)13(4-5-13)6-8-17-2/h10-11,15H,3-9H2,1-2H3. The van der Waals surface area contributed by atoms with E-state index in [2.05, 4.69) is 0 Å². The van der Waals surface area contributed by atoms with Crippen LogP contribution in [0, 0.1) is 11.3 Å². The van der Waals surface area contributed by atoms with Crippen LogP contribution < -0.4 is 0 Å². The third-order valence-electron chi connectivity index (χ3n) is 4.29. The first-order valence-corrected chi connectivity index (χ1v) is 6.55. The summed E-state index contributed by atoms with van der Waals surface area (Å²) in [6, 6.07) is 0. The van der Waals surface area contributed by atoms with Gasteiger partial charge in [0.1, 0.15) is 0 Å². The van der Waals surface area contributed by atoms with Crippen LogP contribution in [0.25, 0.3) is 0 Å². The Bertz CT molecular complexity index is 286. The summed E-state index contributed by atoms with van der Waals surface area (Å²) in [4.78, 5) is 14.3. The lowest BCUT2D eigenvalue weighted by Crippen LogP contribution is -2.37. The van der Waals surface area contributed by atoms with Gasteiger partial charge in [-0.05, 0) is 32.6 Å². The normalized spacial score (nSPS) is 28.2. The molecule has 1 amide bonds. The molecule has 1 saturated heterocycles. The minimum absolute atomic E-state index is 0.121. The number of hydrogen-bond acceptors (Lipinski definition) is 3. The van der Waals surface area contributed by atoms with Crippen molar-refractivity contribution in [3.63, 3.8) is 0 Å². The summed E-state index contributed by atoms with van der Waals surface area (Å²) < 4.78 is 5.08. The molecule has 17 heavy (non-hydrogen) atoms. The molecule has 2 atom stereocenters. The van der Waals surface area contributed by atoms with Gasteiger partial charge < -0.3 is 14.7 Å². The first kappa shape index (κ1) is 12.8. The molecule has 98 valence electrons. The molecule has 1 aliphatic heterocycles. The zero-order valence-corrected chi connectivity index (χ0v) is 10.8. The molecule has 0 bridgehead atoms. The maximum atomic E-state index is 12.4. The number of hydrogen-bond donors (Lipinski definition) is 1. The lowest BCUT2D eigenvalue weighted by Gasteiger charge is -2.23. The average molecular weight is 241 g/mol. The number of aliphatic hydroxyl groups is 1. The number of amides is 1. The summed E-state index contributed by atoms with van der Waals surface area (Å²) in [5.74, 6) is 0.551. The summed E-state index contributed by atoms with van der Waals surface area (Å²) in [6.45, 7) is 4.02. The Morgan fingerprint density at radius 3 is 2.76 bits per heavy atom. The van der Waals surface area contributed by atoms with E-state index in [1.807, 2.05) is 11.8 Å². The fourth-order valence-electron chi connectivity index (χ4n) is 2.72. The third kappa shape index (κ3) is 2.63. The fraction of sp³-hybridized carbons (Fsp3) is 0.923. The second kappa shape index (κ2) is 4.94. The van der Waals surface area contributed by atoms with Gasteiger partial charge in [0.2, 0.25) is 5.91 Å². The van der Waals surface area contributed by atoms with Crippen molar-refractivity contribution in [2.24, 2.45) is 11.3 Å². The van der Waals surface area contributed by atoms with E-state index in [1.54, 1.807) is 7.11 Å². The molecule has 0 aromatic carbocycles. The van der Waals surface area contributed by atoms with Crippen LogP contribution in [0.1, 0.15) is 32.6 Å². The van der Waals surface area contributed by atoms with Crippen molar-refractivity contribution in [3.05, 3.63) is 0 Å². The van der Waals surface area contributed by atoms with Crippen molar-refractivity contribution in [2.45, 2.75) is 38.7 Å². The van der Waals surface area contributed by atoms with Gasteiger partial charge in [0.15, 0.2) is 0 Å². The highest BCUT2D eigenvalue weighted by Crippen LogP contribution is 2.50. The van der Waals surface area contributed by atoms with Gasteiger partial charge in [0.05, 0.1) is 11.5 Å². The van der Waals surface area contributed by atoms with E-state index in [0.717, 1.165) is 38.8 Å². The quantitative estimate of drug-likeness (QED) is 0.782. The predicted molar refractivity (Wildman–Crippen MR) is 64.5 cm³/mol. The van der Waals surface area contributed by atoms with E-state index < -0.39 is 0 Å². The summed E-state index contributed by atoms with van der Waals surface area (Å²) >= 11 is 0. The van der Waals surface area contributed by atoms with E-state index in [-0.39, 0.29) is 23.3 Å². The smallest absolute Gasteiger partial charge is 0.228 e. The molecule has 4 heteroatoms. The van der Waals surface area contributed by atoms with Crippen LogP contribution >= 0.6 is 0 Å². The second-order valence-corrected chi connectivity index (χ2v) is 5.56. The summed E-state index contributed by atoms with van der Waals surface area (Å²) in [6.07, 6.45) is 3.49. The highest BCUT2D eigenvalue weighted by Gasteiger charge is 2.51. The van der Waals surface area contributed by atoms with Crippen LogP contribution in [0.3, 0.4) is 0 Å². The van der Waals surface area contributed by atoms with Crippen molar-refractivity contribution in [1.29, 1.82) is 0 Å². The molecule has 0 radical (unpaired) electrons. The molecule has 2 aliphatic rings. The highest BCUT2D eigenvalue weighted by atomic mass is 16.5. The molecule has 2 fully saturated rings. The number of aliphatic hydroxyl groups excluding tert-OH is 1. The Morgan fingerprint density at radius 1 is 1.59 bits per heavy atom. The van der Waals surface area contributed by atoms with Gasteiger partial charge in [-0.2, -0.15) is 0 Å². The molecule has 1 aliphatic carbocycles. The Hall–Kier alpha value is -0.610. The minimum atomic E-state index is -0.304. The van der Waals surface area contributed by atoms with E-state index in [4.69, 9.17) is 4.74 Å². The maximum Gasteiger partial charge on any atom is 0.228 e. The number of methoxy groups -OCH3 is 1. The highest BCUT2D eigenvalue weighted by molar-refractivity contribution is 5.85. The number of nitrogens with zero attached hydrogens (tertiary/aromatic N) is 1. The summed E-state index contributed by atoms with van der Waals surface area (Å²) in [5.41, 5.74) is -0.121. The van der Waals surface area contributed by atoms with Gasteiger partial charge >= 0.3 is 0 Å². The molecule has 0 aromatic heterocycles. The molecule has 1 saturated carbocycles. The SMILES string of the molecule is COCCC1(C(=O)N2CCC(C(C)O)C2)CC1. The van der Waals surface area contributed by atoms with Gasteiger partial charge in [-0.1, -0.05) is 0 Å². The molecule has 4 nitrogen and oxygen atoms in total. The van der Waals surface area contributed by atoms with Gasteiger partial charge in [0, 0.05) is 32.7 Å². The number of carbonyl (C=O) groups is 1. The lowest BCUT2D eigenvalue weighted by atomic mass is 10.0. The summed E-state index contributed by atoms with van der Waals surface area (Å²) in [5, 5.41) is 9.55. The van der Waals surface area contributed by atoms with Crippen molar-refractivity contribution in [1.82, 2.24) is 4.90 Å². The molecule has 0 spiro atoms. The molecule has 0 aromatic rings. The van der Waals surface area contributed by atoms with Crippen molar-refractivity contribution < 1.29 is 14.6 Å². The van der Waals surface area contributed by atoms with Crippen LogP contribution in [0.15, 0.2) is 0 Å². The van der Waals surface area contributed by atoms with Crippen molar-refractivity contribution in [2.75, 3.05) is 26.8 Å². The molecule has 2 unspecified atom stereocenters. The predicted octanol–water partition coefficient (Wildman–Crippen LogP) is 1.03. The number of ether oxygens (including phenoxy) is 1. The Labute approximate surface area is 103 Å². The topological polar surface area (TPSA) is 49.8 Å². The lowest BCUT2D eigenvalue weighted by molar-refractivity contribution is -0.136. The molecular formula is C13H23NO3. The van der Waals surface area contributed by atoms with Crippen molar-refractivity contribution >= 4 is 5.91 Å². The average Bonchev–Trinajstić information content (AvgIpc) is 2.92. The first-order chi connectivity index (χ1) is 8.09. The number of rotatable bonds is 5. The zero-order chi connectivity index (χ0) is 12.5. The van der Waals surface area contributed by atoms with Crippen LogP contribution in [-0.2, 0) is 9.53 Å². The molecule has 1 heterocycles. The van der Waals surface area contributed by atoms with Crippen LogP contribution in [0.5, 0.6) is 0 Å². The summed E-state index contributed by atoms with van der Waals surface area (Å²) in [7, 11) is 1.68. The maximum absolute atomic E-state index is 12.4. The molecule has 1 N–H and O–H groups in total. The second-order valence-electron chi connectivity index (χ2n) is 5.56. The van der Waals surface area contributed by atoms with Gasteiger partial charge in [-0.3, -0.25) is 4.79 Å². The van der Waals surface area contributed by atoms with Crippen LogP contribution in [-0.4, -0.2) is 48.8 Å². The fourth-order valence-corrected chi connectivity index (χ4v) is 2.72. The van der Waals surface area contributed by atoms with E-state index in [1.165, 1.54) is 0 Å². The minimum Gasteiger partial charge on any atom is -0.393 e. The Kier molecular flexibility index (Phi) is 3.73. The van der Waals surface area contributed by atoms with Gasteiger partial charge in [-0.15, -0.1) is 0 Å². The van der Waals surface area contributed by atoms with E-state index in [0.29, 0.717) is 6.61 Å². The van der Waals surface area contributed by atoms with Gasteiger partial charge in [0.25, 0.3) is 0 Å². The number of likely N-dealkylation sites (tertiary alicyclic amines) is 1. The Morgan fingerprint density at radius 2 is 2.29 bits per heavy atom. The monoisotopic (exact) mass is 241 g/mol. The third-order valence-corrected chi connectivity index (χ3v) is 4.29. The van der Waals surface area contributed by atoms with Crippen LogP contribution in [0.2, 0.25) is 0 Å². The molecule has 2 rings (SSSR count). The van der Waals surface area contributed by atoms with E-state index >= 15 is 0 Å².